The number of benzene rings is 2. The summed E-state index contributed by atoms with van der Waals surface area (Å²) in [6, 6.07) is 16.0. The maximum absolute atomic E-state index is 11.5. The summed E-state index contributed by atoms with van der Waals surface area (Å²) < 4.78 is 0. The zero-order chi connectivity index (χ0) is 14.5. The Hall–Kier alpha value is -2.09. The van der Waals surface area contributed by atoms with Crippen LogP contribution in [0, 0.1) is 19.8 Å². The molecule has 0 saturated heterocycles. The van der Waals surface area contributed by atoms with E-state index in [4.69, 9.17) is 0 Å². The summed E-state index contributed by atoms with van der Waals surface area (Å²) in [5.74, 6) is -1.10. The molecule has 0 aliphatic carbocycles. The predicted molar refractivity (Wildman–Crippen MR) is 80.9 cm³/mol. The molecule has 0 bridgehead atoms. The predicted octanol–water partition coefficient (Wildman–Crippen LogP) is 3.79. The number of aliphatic carboxylic acids is 1. The van der Waals surface area contributed by atoms with Gasteiger partial charge in [-0.25, -0.2) is 0 Å². The van der Waals surface area contributed by atoms with Gasteiger partial charge in [0.2, 0.25) is 0 Å². The molecule has 0 saturated carbocycles. The van der Waals surface area contributed by atoms with Gasteiger partial charge in [0.1, 0.15) is 0 Å². The molecule has 0 radical (unpaired) electrons. The molecule has 2 heteroatoms. The van der Waals surface area contributed by atoms with Crippen molar-refractivity contribution < 1.29 is 9.90 Å². The molecule has 1 unspecified atom stereocenters. The molecule has 2 rings (SSSR count). The minimum atomic E-state index is -0.727. The Bertz CT molecular complexity index is 588. The third-order valence-electron chi connectivity index (χ3n) is 3.65. The van der Waals surface area contributed by atoms with Gasteiger partial charge in [0.25, 0.3) is 0 Å². The van der Waals surface area contributed by atoms with Gasteiger partial charge in [-0.3, -0.25) is 4.79 Å². The Labute approximate surface area is 120 Å². The van der Waals surface area contributed by atoms with E-state index in [2.05, 4.69) is 18.2 Å². The number of hydrogen-bond acceptors (Lipinski definition) is 1. The van der Waals surface area contributed by atoms with Crippen molar-refractivity contribution in [3.63, 3.8) is 0 Å². The van der Waals surface area contributed by atoms with Gasteiger partial charge in [-0.15, -0.1) is 0 Å². The summed E-state index contributed by atoms with van der Waals surface area (Å²) in [7, 11) is 0. The normalized spacial score (nSPS) is 12.1. The number of rotatable bonds is 5. The fraction of sp³-hybridized carbons (Fsp3) is 0.278. The van der Waals surface area contributed by atoms with Crippen molar-refractivity contribution in [1.82, 2.24) is 0 Å². The number of carboxylic acid groups (broad SMARTS) is 1. The van der Waals surface area contributed by atoms with E-state index in [1.165, 1.54) is 5.56 Å². The second-order valence-corrected chi connectivity index (χ2v) is 5.36. The fourth-order valence-corrected chi connectivity index (χ4v) is 2.43. The molecule has 0 heterocycles. The molecule has 0 aliphatic heterocycles. The number of carboxylic acids is 1. The lowest BCUT2D eigenvalue weighted by Crippen LogP contribution is -2.19. The van der Waals surface area contributed by atoms with Crippen molar-refractivity contribution in [2.75, 3.05) is 0 Å². The van der Waals surface area contributed by atoms with Gasteiger partial charge in [-0.1, -0.05) is 54.1 Å². The molecule has 0 spiro atoms. The van der Waals surface area contributed by atoms with Gasteiger partial charge in [-0.05, 0) is 43.4 Å². The second-order valence-electron chi connectivity index (χ2n) is 5.36. The van der Waals surface area contributed by atoms with E-state index in [0.717, 1.165) is 16.7 Å². The number of hydrogen-bond donors (Lipinski definition) is 1. The molecule has 0 aliphatic rings. The first kappa shape index (κ1) is 14.3. The Kier molecular flexibility index (Phi) is 4.57. The zero-order valence-corrected chi connectivity index (χ0v) is 12.0. The Morgan fingerprint density at radius 3 is 2.40 bits per heavy atom. The molecule has 20 heavy (non-hydrogen) atoms. The smallest absolute Gasteiger partial charge is 0.307 e. The van der Waals surface area contributed by atoms with Crippen LogP contribution in [0.5, 0.6) is 0 Å². The van der Waals surface area contributed by atoms with Crippen molar-refractivity contribution >= 4 is 5.97 Å². The highest BCUT2D eigenvalue weighted by Gasteiger charge is 2.19. The van der Waals surface area contributed by atoms with Crippen LogP contribution in [0.1, 0.15) is 22.3 Å². The number of carbonyl (C=O) groups is 1. The average Bonchev–Trinajstić information content (AvgIpc) is 2.43. The maximum atomic E-state index is 11.5. The van der Waals surface area contributed by atoms with E-state index < -0.39 is 5.97 Å². The molecule has 0 fully saturated rings. The SMILES string of the molecule is Cc1ccc(C)c(CC(Cc2ccccc2)C(=O)O)c1. The highest BCUT2D eigenvalue weighted by Crippen LogP contribution is 2.19. The molecule has 104 valence electrons. The van der Waals surface area contributed by atoms with E-state index in [0.29, 0.717) is 12.8 Å². The van der Waals surface area contributed by atoms with Crippen molar-refractivity contribution in [3.8, 4) is 0 Å². The van der Waals surface area contributed by atoms with Crippen molar-refractivity contribution in [3.05, 3.63) is 70.8 Å². The third-order valence-corrected chi connectivity index (χ3v) is 3.65. The van der Waals surface area contributed by atoms with Crippen LogP contribution in [-0.4, -0.2) is 11.1 Å². The van der Waals surface area contributed by atoms with E-state index in [1.54, 1.807) is 0 Å². The summed E-state index contributed by atoms with van der Waals surface area (Å²) in [6.07, 6.45) is 1.15. The largest absolute Gasteiger partial charge is 0.481 e. The van der Waals surface area contributed by atoms with E-state index in [1.807, 2.05) is 44.2 Å². The lowest BCUT2D eigenvalue weighted by Gasteiger charge is -2.15. The Morgan fingerprint density at radius 1 is 1.05 bits per heavy atom. The molecule has 2 nitrogen and oxygen atoms in total. The lowest BCUT2D eigenvalue weighted by atomic mass is 9.90. The highest BCUT2D eigenvalue weighted by atomic mass is 16.4. The standard InChI is InChI=1S/C18H20O2/c1-13-8-9-14(2)16(10-13)12-17(18(19)20)11-15-6-4-3-5-7-15/h3-10,17H,11-12H2,1-2H3,(H,19,20). The van der Waals surface area contributed by atoms with E-state index in [9.17, 15) is 9.90 Å². The van der Waals surface area contributed by atoms with Gasteiger partial charge in [0.15, 0.2) is 0 Å². The monoisotopic (exact) mass is 268 g/mol. The molecule has 1 atom stereocenters. The van der Waals surface area contributed by atoms with Crippen LogP contribution in [0.3, 0.4) is 0 Å². The van der Waals surface area contributed by atoms with E-state index in [-0.39, 0.29) is 5.92 Å². The fourth-order valence-electron chi connectivity index (χ4n) is 2.43. The van der Waals surface area contributed by atoms with Crippen LogP contribution in [0.4, 0.5) is 0 Å². The molecule has 0 aromatic heterocycles. The first-order chi connectivity index (χ1) is 9.56. The van der Waals surface area contributed by atoms with Crippen LogP contribution in [0.2, 0.25) is 0 Å². The molecule has 2 aromatic carbocycles. The molecule has 2 aromatic rings. The van der Waals surface area contributed by atoms with Gasteiger partial charge < -0.3 is 5.11 Å². The van der Waals surface area contributed by atoms with Gasteiger partial charge >= 0.3 is 5.97 Å². The van der Waals surface area contributed by atoms with Gasteiger partial charge in [0, 0.05) is 0 Å². The van der Waals surface area contributed by atoms with Crippen LogP contribution in [0.15, 0.2) is 48.5 Å². The quantitative estimate of drug-likeness (QED) is 0.895. The van der Waals surface area contributed by atoms with E-state index >= 15 is 0 Å². The van der Waals surface area contributed by atoms with Gasteiger partial charge in [-0.2, -0.15) is 0 Å². The van der Waals surface area contributed by atoms with Crippen LogP contribution < -0.4 is 0 Å². The first-order valence-corrected chi connectivity index (χ1v) is 6.89. The van der Waals surface area contributed by atoms with Gasteiger partial charge in [0.05, 0.1) is 5.92 Å². The maximum Gasteiger partial charge on any atom is 0.307 e. The molecule has 0 amide bonds. The minimum absolute atomic E-state index is 0.377. The van der Waals surface area contributed by atoms with Crippen molar-refractivity contribution in [2.45, 2.75) is 26.7 Å². The van der Waals surface area contributed by atoms with Crippen LogP contribution in [-0.2, 0) is 17.6 Å². The Morgan fingerprint density at radius 2 is 1.75 bits per heavy atom. The third kappa shape index (κ3) is 3.70. The number of aryl methyl sites for hydroxylation is 2. The summed E-state index contributed by atoms with van der Waals surface area (Å²) >= 11 is 0. The summed E-state index contributed by atoms with van der Waals surface area (Å²) in [4.78, 5) is 11.5. The van der Waals surface area contributed by atoms with Crippen molar-refractivity contribution in [1.29, 1.82) is 0 Å². The minimum Gasteiger partial charge on any atom is -0.481 e. The lowest BCUT2D eigenvalue weighted by molar-refractivity contribution is -0.141. The van der Waals surface area contributed by atoms with Crippen molar-refractivity contribution in [2.24, 2.45) is 5.92 Å². The van der Waals surface area contributed by atoms with Crippen LogP contribution in [0.25, 0.3) is 0 Å². The van der Waals surface area contributed by atoms with Crippen LogP contribution >= 0.6 is 0 Å². The first-order valence-electron chi connectivity index (χ1n) is 6.89. The summed E-state index contributed by atoms with van der Waals surface area (Å²) in [5, 5.41) is 9.46. The highest BCUT2D eigenvalue weighted by molar-refractivity contribution is 5.71. The zero-order valence-electron chi connectivity index (χ0n) is 12.0. The summed E-state index contributed by atoms with van der Waals surface area (Å²) in [6.45, 7) is 4.08. The molecular weight excluding hydrogens is 248 g/mol. The summed E-state index contributed by atoms with van der Waals surface area (Å²) in [5.41, 5.74) is 4.54. The topological polar surface area (TPSA) is 37.3 Å². The molecule has 1 N–H and O–H groups in total. The second kappa shape index (κ2) is 6.38. The average molecular weight is 268 g/mol. The molecular formula is C18H20O2. The Balaban J connectivity index is 2.18.